The molecule has 0 bridgehead atoms. The van der Waals surface area contributed by atoms with E-state index >= 15 is 0 Å². The third kappa shape index (κ3) is 2.39. The number of halogens is 2. The van der Waals surface area contributed by atoms with Crippen LogP contribution in [0.2, 0.25) is 5.02 Å². The first-order chi connectivity index (χ1) is 6.56. The Morgan fingerprint density at radius 3 is 2.86 bits per heavy atom. The first-order valence-electron chi connectivity index (χ1n) is 3.88. The van der Waals surface area contributed by atoms with Gasteiger partial charge in [-0.1, -0.05) is 11.6 Å². The number of carbonyl (C=O) groups is 1. The van der Waals surface area contributed by atoms with E-state index in [1.54, 1.807) is 0 Å². The Hall–Kier alpha value is -0.740. The van der Waals surface area contributed by atoms with Crippen molar-refractivity contribution in [3.05, 3.63) is 29.0 Å². The number of hydrogen-bond acceptors (Lipinski definition) is 2. The molecule has 1 aromatic carbocycles. The van der Waals surface area contributed by atoms with Crippen molar-refractivity contribution in [3.8, 4) is 0 Å². The van der Waals surface area contributed by atoms with Crippen molar-refractivity contribution < 1.29 is 9.18 Å². The fourth-order valence-electron chi connectivity index (χ4n) is 0.983. The number of rotatable bonds is 2. The maximum Gasteiger partial charge on any atom is 0.236 e. The molecule has 0 aliphatic carbocycles. The van der Waals surface area contributed by atoms with Gasteiger partial charge in [0.1, 0.15) is 5.82 Å². The summed E-state index contributed by atoms with van der Waals surface area (Å²) < 4.78 is 13.2. The summed E-state index contributed by atoms with van der Waals surface area (Å²) in [6, 6.07) is 4.05. The summed E-state index contributed by atoms with van der Waals surface area (Å²) in [6.45, 7) is 0. The summed E-state index contributed by atoms with van der Waals surface area (Å²) in [5.74, 6) is -0.732. The summed E-state index contributed by atoms with van der Waals surface area (Å²) in [5, 5.41) is 0.389. The zero-order valence-electron chi connectivity index (χ0n) is 7.50. The SMILES string of the molecule is CN(C(=O)CS)c1cc(Cl)ccc1F. The minimum atomic E-state index is -0.480. The van der Waals surface area contributed by atoms with Crippen molar-refractivity contribution in [2.75, 3.05) is 17.7 Å². The number of anilines is 1. The molecule has 0 aromatic heterocycles. The van der Waals surface area contributed by atoms with E-state index in [4.69, 9.17) is 11.6 Å². The Balaban J connectivity index is 3.05. The quantitative estimate of drug-likeness (QED) is 0.778. The number of nitrogens with zero attached hydrogens (tertiary/aromatic N) is 1. The minimum absolute atomic E-state index is 0.0302. The van der Waals surface area contributed by atoms with Crippen LogP contribution in [0.1, 0.15) is 0 Å². The van der Waals surface area contributed by atoms with Gasteiger partial charge in [0.15, 0.2) is 0 Å². The van der Waals surface area contributed by atoms with E-state index in [9.17, 15) is 9.18 Å². The van der Waals surface area contributed by atoms with E-state index < -0.39 is 5.82 Å². The highest BCUT2D eigenvalue weighted by atomic mass is 35.5. The second-order valence-corrected chi connectivity index (χ2v) is 3.46. The first kappa shape index (κ1) is 11.3. The molecular formula is C9H9ClFNOS. The van der Waals surface area contributed by atoms with Crippen LogP contribution in [-0.2, 0) is 4.79 Å². The summed E-state index contributed by atoms with van der Waals surface area (Å²) >= 11 is 9.50. The standard InChI is InChI=1S/C9H9ClFNOS/c1-12(9(13)5-14)8-4-6(10)2-3-7(8)11/h2-4,14H,5H2,1H3. The molecule has 0 heterocycles. The van der Waals surface area contributed by atoms with Gasteiger partial charge in [-0.3, -0.25) is 4.79 Å². The van der Waals surface area contributed by atoms with E-state index in [2.05, 4.69) is 12.6 Å². The summed E-state index contributed by atoms with van der Waals surface area (Å²) in [5.41, 5.74) is 0.163. The Labute approximate surface area is 92.1 Å². The van der Waals surface area contributed by atoms with E-state index in [0.29, 0.717) is 5.02 Å². The van der Waals surface area contributed by atoms with Gasteiger partial charge in [0.25, 0.3) is 0 Å². The Morgan fingerprint density at radius 2 is 2.29 bits per heavy atom. The fourth-order valence-corrected chi connectivity index (χ4v) is 1.36. The summed E-state index contributed by atoms with van der Waals surface area (Å²) in [6.07, 6.45) is 0. The van der Waals surface area contributed by atoms with Crippen LogP contribution >= 0.6 is 24.2 Å². The van der Waals surface area contributed by atoms with Crippen molar-refractivity contribution in [3.63, 3.8) is 0 Å². The highest BCUT2D eigenvalue weighted by Gasteiger charge is 2.13. The molecule has 0 atom stereocenters. The second kappa shape index (κ2) is 4.66. The molecule has 1 amide bonds. The molecule has 0 aliphatic rings. The van der Waals surface area contributed by atoms with Crippen molar-refractivity contribution in [1.82, 2.24) is 0 Å². The van der Waals surface area contributed by atoms with Crippen molar-refractivity contribution >= 4 is 35.8 Å². The molecule has 1 aromatic rings. The highest BCUT2D eigenvalue weighted by molar-refractivity contribution is 7.81. The van der Waals surface area contributed by atoms with Crippen LogP contribution in [0, 0.1) is 5.82 Å². The lowest BCUT2D eigenvalue weighted by Gasteiger charge is -2.16. The van der Waals surface area contributed by atoms with Gasteiger partial charge < -0.3 is 4.90 Å². The maximum atomic E-state index is 13.2. The molecule has 0 spiro atoms. The molecule has 2 nitrogen and oxygen atoms in total. The van der Waals surface area contributed by atoms with Gasteiger partial charge in [0, 0.05) is 12.1 Å². The zero-order chi connectivity index (χ0) is 10.7. The largest absolute Gasteiger partial charge is 0.312 e. The van der Waals surface area contributed by atoms with Gasteiger partial charge in [0.05, 0.1) is 11.4 Å². The predicted molar refractivity (Wildman–Crippen MR) is 58.7 cm³/mol. The van der Waals surface area contributed by atoms with E-state index in [1.807, 2.05) is 0 Å². The molecule has 0 fully saturated rings. The molecule has 0 saturated carbocycles. The number of hydrogen-bond donors (Lipinski definition) is 1. The Kier molecular flexibility index (Phi) is 3.77. The van der Waals surface area contributed by atoms with Crippen LogP contribution < -0.4 is 4.90 Å². The van der Waals surface area contributed by atoms with Crippen LogP contribution in [0.15, 0.2) is 18.2 Å². The van der Waals surface area contributed by atoms with Gasteiger partial charge in [-0.05, 0) is 18.2 Å². The number of amides is 1. The molecule has 0 aliphatic heterocycles. The predicted octanol–water partition coefficient (Wildman–Crippen LogP) is 2.37. The van der Waals surface area contributed by atoms with Gasteiger partial charge >= 0.3 is 0 Å². The molecule has 0 N–H and O–H groups in total. The lowest BCUT2D eigenvalue weighted by atomic mass is 10.3. The smallest absolute Gasteiger partial charge is 0.236 e. The molecule has 0 unspecified atom stereocenters. The van der Waals surface area contributed by atoms with E-state index in [0.717, 1.165) is 0 Å². The monoisotopic (exact) mass is 233 g/mol. The van der Waals surface area contributed by atoms with Crippen LogP contribution in [-0.4, -0.2) is 18.7 Å². The topological polar surface area (TPSA) is 20.3 Å². The zero-order valence-corrected chi connectivity index (χ0v) is 9.15. The third-order valence-electron chi connectivity index (χ3n) is 1.78. The van der Waals surface area contributed by atoms with E-state index in [1.165, 1.54) is 30.1 Å². The fraction of sp³-hybridized carbons (Fsp3) is 0.222. The molecule has 14 heavy (non-hydrogen) atoms. The van der Waals surface area contributed by atoms with Crippen LogP contribution in [0.3, 0.4) is 0 Å². The maximum absolute atomic E-state index is 13.2. The molecular weight excluding hydrogens is 225 g/mol. The number of carbonyl (C=O) groups excluding carboxylic acids is 1. The first-order valence-corrected chi connectivity index (χ1v) is 4.89. The Bertz CT molecular complexity index is 359. The lowest BCUT2D eigenvalue weighted by molar-refractivity contribution is -0.115. The van der Waals surface area contributed by atoms with Crippen molar-refractivity contribution in [2.45, 2.75) is 0 Å². The van der Waals surface area contributed by atoms with Gasteiger partial charge in [-0.25, -0.2) is 4.39 Å². The van der Waals surface area contributed by atoms with Crippen molar-refractivity contribution in [1.29, 1.82) is 0 Å². The van der Waals surface area contributed by atoms with Gasteiger partial charge in [0.2, 0.25) is 5.91 Å². The Morgan fingerprint density at radius 1 is 1.64 bits per heavy atom. The van der Waals surface area contributed by atoms with Crippen molar-refractivity contribution in [2.24, 2.45) is 0 Å². The van der Waals surface area contributed by atoms with Gasteiger partial charge in [-0.2, -0.15) is 12.6 Å². The summed E-state index contributed by atoms with van der Waals surface area (Å²) in [4.78, 5) is 12.4. The molecule has 1 rings (SSSR count). The molecule has 5 heteroatoms. The van der Waals surface area contributed by atoms with Gasteiger partial charge in [-0.15, -0.1) is 0 Å². The summed E-state index contributed by atoms with van der Waals surface area (Å²) in [7, 11) is 1.48. The average molecular weight is 234 g/mol. The molecule has 76 valence electrons. The average Bonchev–Trinajstić information content (AvgIpc) is 2.19. The van der Waals surface area contributed by atoms with E-state index in [-0.39, 0.29) is 17.3 Å². The minimum Gasteiger partial charge on any atom is -0.312 e. The second-order valence-electron chi connectivity index (χ2n) is 2.71. The van der Waals surface area contributed by atoms with Crippen LogP contribution in [0.4, 0.5) is 10.1 Å². The normalized spacial score (nSPS) is 10.0. The van der Waals surface area contributed by atoms with Crippen LogP contribution in [0.5, 0.6) is 0 Å². The van der Waals surface area contributed by atoms with Crippen LogP contribution in [0.25, 0.3) is 0 Å². The lowest BCUT2D eigenvalue weighted by Crippen LogP contribution is -2.28. The molecule has 0 radical (unpaired) electrons. The number of benzene rings is 1. The molecule has 0 saturated heterocycles. The third-order valence-corrected chi connectivity index (χ3v) is 2.28. The highest BCUT2D eigenvalue weighted by Crippen LogP contribution is 2.22. The number of thiol groups is 1.